The number of rotatable bonds is 5. The maximum Gasteiger partial charge on any atom is 0.416 e. The average Bonchev–Trinajstić information content (AvgIpc) is 3.23. The van der Waals surface area contributed by atoms with Crippen LogP contribution in [-0.4, -0.2) is 48.0 Å². The Hall–Kier alpha value is -3.17. The summed E-state index contributed by atoms with van der Waals surface area (Å²) in [6.07, 6.45) is -2.73. The summed E-state index contributed by atoms with van der Waals surface area (Å²) in [6.45, 7) is 3.99. The first-order valence-electron chi connectivity index (χ1n) is 13.3. The number of benzene rings is 3. The number of piperidine rings is 1. The molecule has 204 valence electrons. The number of alkyl halides is 3. The smallest absolute Gasteiger partial charge is 0.416 e. The normalized spacial score (nSPS) is 21.1. The molecule has 0 N–H and O–H groups in total. The van der Waals surface area contributed by atoms with Crippen molar-refractivity contribution in [2.24, 2.45) is 0 Å². The predicted molar refractivity (Wildman–Crippen MR) is 146 cm³/mol. The van der Waals surface area contributed by atoms with E-state index in [0.29, 0.717) is 17.4 Å². The molecule has 0 spiro atoms. The molecule has 3 aromatic carbocycles. The van der Waals surface area contributed by atoms with Crippen molar-refractivity contribution < 1.29 is 22.7 Å². The predicted octanol–water partition coefficient (Wildman–Crippen LogP) is 7.11. The Labute approximate surface area is 230 Å². The molecule has 0 radical (unpaired) electrons. The first kappa shape index (κ1) is 26.1. The molecule has 3 aliphatic rings. The van der Waals surface area contributed by atoms with Crippen LogP contribution in [0.2, 0.25) is 0 Å². The van der Waals surface area contributed by atoms with Gasteiger partial charge < -0.3 is 14.5 Å². The zero-order chi connectivity index (χ0) is 27.0. The Bertz CT molecular complexity index is 1330. The lowest BCUT2D eigenvalue weighted by atomic mass is 9.96. The number of halogens is 3. The molecule has 2 bridgehead atoms. The highest BCUT2D eigenvalue weighted by Crippen LogP contribution is 2.50. The van der Waals surface area contributed by atoms with E-state index >= 15 is 0 Å². The van der Waals surface area contributed by atoms with Gasteiger partial charge in [-0.1, -0.05) is 42.5 Å². The van der Waals surface area contributed by atoms with Gasteiger partial charge in [-0.2, -0.15) is 13.2 Å². The van der Waals surface area contributed by atoms with Gasteiger partial charge in [0.2, 0.25) is 0 Å². The van der Waals surface area contributed by atoms with Gasteiger partial charge in [0, 0.05) is 43.3 Å². The van der Waals surface area contributed by atoms with Crippen LogP contribution >= 0.6 is 11.9 Å². The lowest BCUT2D eigenvalue weighted by Crippen LogP contribution is -2.43. The number of amides is 1. The van der Waals surface area contributed by atoms with E-state index in [0.717, 1.165) is 56.3 Å². The van der Waals surface area contributed by atoms with Crippen molar-refractivity contribution in [1.29, 1.82) is 0 Å². The number of hydrogen-bond donors (Lipinski definition) is 0. The minimum absolute atomic E-state index is 0.0275. The third kappa shape index (κ3) is 5.61. The van der Waals surface area contributed by atoms with Crippen LogP contribution in [0, 0.1) is 0 Å². The van der Waals surface area contributed by atoms with Gasteiger partial charge in [0.05, 0.1) is 11.6 Å². The summed E-state index contributed by atoms with van der Waals surface area (Å²) in [5.41, 5.74) is 4.03. The highest BCUT2D eigenvalue weighted by atomic mass is 32.2. The largest absolute Gasteiger partial charge is 0.445 e. The highest BCUT2D eigenvalue weighted by molar-refractivity contribution is 7.97. The maximum atomic E-state index is 13.1. The van der Waals surface area contributed by atoms with Gasteiger partial charge in [-0.15, -0.1) is 0 Å². The van der Waals surface area contributed by atoms with Gasteiger partial charge in [0.25, 0.3) is 0 Å². The van der Waals surface area contributed by atoms with Crippen molar-refractivity contribution in [3.8, 4) is 0 Å². The monoisotopic (exact) mass is 553 g/mol. The molecule has 2 fully saturated rings. The summed E-state index contributed by atoms with van der Waals surface area (Å²) < 4.78 is 47.0. The number of ether oxygens (including phenoxy) is 1. The van der Waals surface area contributed by atoms with Crippen LogP contribution in [0.3, 0.4) is 0 Å². The lowest BCUT2D eigenvalue weighted by molar-refractivity contribution is -0.137. The van der Waals surface area contributed by atoms with Crippen LogP contribution < -0.4 is 4.90 Å². The summed E-state index contributed by atoms with van der Waals surface area (Å²) in [4.78, 5) is 17.9. The van der Waals surface area contributed by atoms with Gasteiger partial charge in [-0.25, -0.2) is 9.10 Å². The molecule has 2 aliphatic heterocycles. The van der Waals surface area contributed by atoms with Crippen molar-refractivity contribution >= 4 is 23.7 Å². The summed E-state index contributed by atoms with van der Waals surface area (Å²) in [7, 11) is 0. The van der Waals surface area contributed by atoms with E-state index in [2.05, 4.69) is 27.4 Å². The van der Waals surface area contributed by atoms with E-state index in [9.17, 15) is 18.0 Å². The standard InChI is InChI=1S/C30H30F3N3O2S/c31-30(32,33)23-7-4-8-25(18-23)39-35-15-13-34(14-16-35)24-9-10-26-22-11-12-36(28(17-22)27(26)19-24)29(37)38-20-21-5-2-1-3-6-21/h1-10,18-19,22,28H,11-17,20H2/t22?,28-/m1/s1. The Morgan fingerprint density at radius 3 is 2.46 bits per heavy atom. The lowest BCUT2D eigenvalue weighted by Gasteiger charge is -2.36. The molecule has 2 atom stereocenters. The number of carbonyl (C=O) groups is 1. The molecule has 1 amide bonds. The number of piperazine rings is 1. The SMILES string of the molecule is O=C(OCc1ccccc1)N1CCC2C[C@@H]1c1cc(N3CCN(Sc4cccc(C(F)(F)F)c4)CC3)ccc12. The quantitative estimate of drug-likeness (QED) is 0.315. The molecule has 6 rings (SSSR count). The topological polar surface area (TPSA) is 36.0 Å². The highest BCUT2D eigenvalue weighted by Gasteiger charge is 2.41. The first-order chi connectivity index (χ1) is 18.8. The minimum atomic E-state index is -4.34. The summed E-state index contributed by atoms with van der Waals surface area (Å²) in [5.74, 6) is 0.470. The van der Waals surface area contributed by atoms with Crippen LogP contribution in [0.15, 0.2) is 77.7 Å². The van der Waals surface area contributed by atoms with E-state index in [1.165, 1.54) is 35.2 Å². The van der Waals surface area contributed by atoms with E-state index in [1.54, 1.807) is 6.07 Å². The van der Waals surface area contributed by atoms with Crippen LogP contribution in [0.5, 0.6) is 0 Å². The first-order valence-corrected chi connectivity index (χ1v) is 14.1. The van der Waals surface area contributed by atoms with Crippen LogP contribution in [0.4, 0.5) is 23.7 Å². The third-order valence-electron chi connectivity index (χ3n) is 7.91. The number of hydrogen-bond acceptors (Lipinski definition) is 5. The van der Waals surface area contributed by atoms with Crippen LogP contribution in [0.1, 0.15) is 47.1 Å². The molecule has 9 heteroatoms. The van der Waals surface area contributed by atoms with Crippen molar-refractivity contribution in [3.63, 3.8) is 0 Å². The van der Waals surface area contributed by atoms with E-state index in [4.69, 9.17) is 4.74 Å². The number of carbonyl (C=O) groups excluding carboxylic acids is 1. The van der Waals surface area contributed by atoms with Crippen molar-refractivity contribution in [2.45, 2.75) is 42.5 Å². The Morgan fingerprint density at radius 1 is 0.897 bits per heavy atom. The molecule has 5 nitrogen and oxygen atoms in total. The van der Waals surface area contributed by atoms with Gasteiger partial charge in [-0.05, 0) is 77.7 Å². The Balaban J connectivity index is 1.09. The fourth-order valence-electron chi connectivity index (χ4n) is 5.90. The molecule has 1 aliphatic carbocycles. The second-order valence-electron chi connectivity index (χ2n) is 10.3. The molecule has 39 heavy (non-hydrogen) atoms. The number of fused-ring (bicyclic) bond motifs is 5. The maximum absolute atomic E-state index is 13.1. The summed E-state index contributed by atoms with van der Waals surface area (Å²) >= 11 is 1.38. The molecular weight excluding hydrogens is 523 g/mol. The van der Waals surface area contributed by atoms with Gasteiger partial charge in [0.1, 0.15) is 6.61 Å². The van der Waals surface area contributed by atoms with E-state index in [1.807, 2.05) is 35.2 Å². The van der Waals surface area contributed by atoms with Crippen LogP contribution in [0.25, 0.3) is 0 Å². The van der Waals surface area contributed by atoms with Gasteiger partial charge in [-0.3, -0.25) is 0 Å². The van der Waals surface area contributed by atoms with E-state index in [-0.39, 0.29) is 18.7 Å². The molecule has 3 aromatic rings. The molecule has 0 saturated carbocycles. The fourth-order valence-corrected chi connectivity index (χ4v) is 6.86. The molecule has 0 aromatic heterocycles. The van der Waals surface area contributed by atoms with E-state index < -0.39 is 11.7 Å². The van der Waals surface area contributed by atoms with Crippen LogP contribution in [-0.2, 0) is 17.5 Å². The fraction of sp³-hybridized carbons (Fsp3) is 0.367. The van der Waals surface area contributed by atoms with Crippen molar-refractivity contribution in [2.75, 3.05) is 37.6 Å². The minimum Gasteiger partial charge on any atom is -0.445 e. The number of likely N-dealkylation sites (tertiary alicyclic amines) is 1. The third-order valence-corrected chi connectivity index (χ3v) is 9.00. The number of anilines is 1. The Morgan fingerprint density at radius 2 is 1.69 bits per heavy atom. The van der Waals surface area contributed by atoms with Gasteiger partial charge in [0.15, 0.2) is 0 Å². The zero-order valence-corrected chi connectivity index (χ0v) is 22.3. The molecular formula is C30H30F3N3O2S. The molecule has 1 unspecified atom stereocenters. The average molecular weight is 554 g/mol. The molecule has 2 heterocycles. The summed E-state index contributed by atoms with van der Waals surface area (Å²) in [6, 6.07) is 21.9. The zero-order valence-electron chi connectivity index (χ0n) is 21.4. The van der Waals surface area contributed by atoms with Crippen molar-refractivity contribution in [3.05, 3.63) is 95.1 Å². The molecule has 2 saturated heterocycles. The second-order valence-corrected chi connectivity index (χ2v) is 11.5. The number of nitrogens with zero attached hydrogens (tertiary/aromatic N) is 3. The summed E-state index contributed by atoms with van der Waals surface area (Å²) in [5, 5.41) is 0. The van der Waals surface area contributed by atoms with Gasteiger partial charge >= 0.3 is 12.3 Å². The Kier molecular flexibility index (Phi) is 7.20. The second kappa shape index (κ2) is 10.8. The van der Waals surface area contributed by atoms with Crippen molar-refractivity contribution in [1.82, 2.24) is 9.21 Å².